The molecule has 0 aliphatic rings. The van der Waals surface area contributed by atoms with E-state index in [-0.39, 0.29) is 11.4 Å². The molecule has 0 radical (unpaired) electrons. The summed E-state index contributed by atoms with van der Waals surface area (Å²) >= 11 is 0. The Labute approximate surface area is 96.6 Å². The molecule has 0 bridgehead atoms. The summed E-state index contributed by atoms with van der Waals surface area (Å²) in [6, 6.07) is 1.14. The Balaban J connectivity index is 2.94. The number of carboxylic acids is 1. The molecule has 8 nitrogen and oxygen atoms in total. The predicted octanol–water partition coefficient (Wildman–Crippen LogP) is 0.449. The summed E-state index contributed by atoms with van der Waals surface area (Å²) in [5, 5.41) is 22.2. The molecule has 0 aromatic carbocycles. The van der Waals surface area contributed by atoms with Gasteiger partial charge in [-0.3, -0.25) is 10.1 Å². The van der Waals surface area contributed by atoms with Crippen molar-refractivity contribution >= 4 is 17.5 Å². The van der Waals surface area contributed by atoms with E-state index in [1.54, 1.807) is 0 Å². The van der Waals surface area contributed by atoms with Gasteiger partial charge in [0.2, 0.25) is 0 Å². The molecule has 1 rings (SSSR count). The van der Waals surface area contributed by atoms with Crippen molar-refractivity contribution in [3.05, 3.63) is 27.9 Å². The minimum absolute atomic E-state index is 0.279. The minimum atomic E-state index is -1.36. The van der Waals surface area contributed by atoms with E-state index in [0.29, 0.717) is 19.5 Å². The third-order valence-electron chi connectivity index (χ3n) is 2.00. The summed E-state index contributed by atoms with van der Waals surface area (Å²) in [6.45, 7) is 1.02. The number of anilines is 1. The van der Waals surface area contributed by atoms with Crippen LogP contribution in [0.2, 0.25) is 0 Å². The Morgan fingerprint density at radius 3 is 2.88 bits per heavy atom. The lowest BCUT2D eigenvalue weighted by Crippen LogP contribution is -2.11. The largest absolute Gasteiger partial charge is 0.477 e. The van der Waals surface area contributed by atoms with E-state index < -0.39 is 16.6 Å². The van der Waals surface area contributed by atoms with Crippen LogP contribution in [0.15, 0.2) is 12.3 Å². The van der Waals surface area contributed by atoms with Crippen LogP contribution in [0.1, 0.15) is 16.8 Å². The molecule has 0 amide bonds. The Kier molecular flexibility index (Phi) is 4.35. The molecule has 0 saturated carbocycles. The monoisotopic (exact) mass is 240 g/mol. The van der Waals surface area contributed by atoms with Crippen molar-refractivity contribution < 1.29 is 14.8 Å². The number of aromatic carboxylic acids is 1. The number of hydrogen-bond acceptors (Lipinski definition) is 6. The van der Waals surface area contributed by atoms with Crippen LogP contribution in [0, 0.1) is 10.1 Å². The number of pyridine rings is 1. The Bertz CT molecular complexity index is 435. The highest BCUT2D eigenvalue weighted by atomic mass is 16.6. The van der Waals surface area contributed by atoms with E-state index in [2.05, 4.69) is 10.3 Å². The lowest BCUT2D eigenvalue weighted by atomic mass is 10.2. The van der Waals surface area contributed by atoms with Gasteiger partial charge in [0.1, 0.15) is 17.6 Å². The quantitative estimate of drug-likeness (QED) is 0.373. The zero-order valence-electron chi connectivity index (χ0n) is 8.92. The summed E-state index contributed by atoms with van der Waals surface area (Å²) in [5.74, 6) is -1.08. The topological polar surface area (TPSA) is 131 Å². The fraction of sp³-hybridized carbons (Fsp3) is 0.333. The summed E-state index contributed by atoms with van der Waals surface area (Å²) in [6.07, 6.45) is 1.62. The highest BCUT2D eigenvalue weighted by Crippen LogP contribution is 2.20. The summed E-state index contributed by atoms with van der Waals surface area (Å²) in [5.41, 5.74) is 4.38. The van der Waals surface area contributed by atoms with Crippen LogP contribution in [0.25, 0.3) is 0 Å². The molecule has 0 spiro atoms. The third-order valence-corrected chi connectivity index (χ3v) is 2.00. The van der Waals surface area contributed by atoms with Crippen molar-refractivity contribution in [2.24, 2.45) is 5.73 Å². The molecule has 4 N–H and O–H groups in total. The smallest absolute Gasteiger partial charge is 0.342 e. The van der Waals surface area contributed by atoms with Gasteiger partial charge < -0.3 is 16.2 Å². The average molecular weight is 240 g/mol. The van der Waals surface area contributed by atoms with Crippen molar-refractivity contribution in [2.45, 2.75) is 6.42 Å². The first-order chi connectivity index (χ1) is 8.06. The SMILES string of the molecule is NCCCNc1cc(C(=O)O)c([N+](=O)[O-])cn1. The second-order valence-electron chi connectivity index (χ2n) is 3.22. The highest BCUT2D eigenvalue weighted by Gasteiger charge is 2.20. The van der Waals surface area contributed by atoms with Crippen molar-refractivity contribution in [3.8, 4) is 0 Å². The van der Waals surface area contributed by atoms with Gasteiger partial charge in [-0.05, 0) is 13.0 Å². The van der Waals surface area contributed by atoms with Gasteiger partial charge in [0.25, 0.3) is 0 Å². The predicted molar refractivity (Wildman–Crippen MR) is 60.0 cm³/mol. The maximum atomic E-state index is 10.8. The molecular formula is C9H12N4O4. The van der Waals surface area contributed by atoms with Crippen LogP contribution < -0.4 is 11.1 Å². The lowest BCUT2D eigenvalue weighted by molar-refractivity contribution is -0.385. The van der Waals surface area contributed by atoms with Crippen LogP contribution in [0.5, 0.6) is 0 Å². The third kappa shape index (κ3) is 3.38. The van der Waals surface area contributed by atoms with Crippen molar-refractivity contribution in [2.75, 3.05) is 18.4 Å². The molecule has 1 aromatic heterocycles. The normalized spacial score (nSPS) is 9.94. The molecule has 0 saturated heterocycles. The maximum Gasteiger partial charge on any atom is 0.342 e. The van der Waals surface area contributed by atoms with E-state index in [4.69, 9.17) is 10.8 Å². The van der Waals surface area contributed by atoms with E-state index in [0.717, 1.165) is 12.3 Å². The van der Waals surface area contributed by atoms with Gasteiger partial charge in [0.05, 0.1) is 4.92 Å². The number of nitro groups is 1. The average Bonchev–Trinajstić information content (AvgIpc) is 2.29. The first-order valence-corrected chi connectivity index (χ1v) is 4.88. The molecular weight excluding hydrogens is 228 g/mol. The van der Waals surface area contributed by atoms with E-state index in [1.807, 2.05) is 0 Å². The van der Waals surface area contributed by atoms with E-state index in [9.17, 15) is 14.9 Å². The number of carboxylic acid groups (broad SMARTS) is 1. The molecule has 8 heteroatoms. The summed E-state index contributed by atoms with van der Waals surface area (Å²) < 4.78 is 0. The standard InChI is InChI=1S/C9H12N4O4/c10-2-1-3-11-8-4-6(9(14)15)7(5-12-8)13(16)17/h4-5H,1-3,10H2,(H,11,12)(H,14,15). The van der Waals surface area contributed by atoms with Crippen LogP contribution in [-0.4, -0.2) is 34.1 Å². The van der Waals surface area contributed by atoms with Gasteiger partial charge in [0.15, 0.2) is 0 Å². The number of nitrogens with two attached hydrogens (primary N) is 1. The second kappa shape index (κ2) is 5.75. The number of nitrogens with one attached hydrogen (secondary N) is 1. The van der Waals surface area contributed by atoms with Crippen LogP contribution in [0.3, 0.4) is 0 Å². The Morgan fingerprint density at radius 1 is 1.65 bits per heavy atom. The first-order valence-electron chi connectivity index (χ1n) is 4.88. The van der Waals surface area contributed by atoms with Gasteiger partial charge in [-0.1, -0.05) is 0 Å². The molecule has 1 heterocycles. The first kappa shape index (κ1) is 12.8. The Hall–Kier alpha value is -2.22. The fourth-order valence-corrected chi connectivity index (χ4v) is 1.18. The van der Waals surface area contributed by atoms with Crippen molar-refractivity contribution in [1.82, 2.24) is 4.98 Å². The summed E-state index contributed by atoms with van der Waals surface area (Å²) in [7, 11) is 0. The molecule has 17 heavy (non-hydrogen) atoms. The number of hydrogen-bond donors (Lipinski definition) is 3. The van der Waals surface area contributed by atoms with Crippen molar-refractivity contribution in [1.29, 1.82) is 0 Å². The number of carbonyl (C=O) groups is 1. The molecule has 0 aliphatic carbocycles. The zero-order chi connectivity index (χ0) is 12.8. The lowest BCUT2D eigenvalue weighted by Gasteiger charge is -2.05. The molecule has 92 valence electrons. The number of rotatable bonds is 6. The van der Waals surface area contributed by atoms with Gasteiger partial charge in [-0.25, -0.2) is 9.78 Å². The fourth-order valence-electron chi connectivity index (χ4n) is 1.18. The summed E-state index contributed by atoms with van der Waals surface area (Å²) in [4.78, 5) is 24.4. The minimum Gasteiger partial charge on any atom is -0.477 e. The molecule has 0 unspecified atom stereocenters. The van der Waals surface area contributed by atoms with Gasteiger partial charge >= 0.3 is 11.7 Å². The maximum absolute atomic E-state index is 10.8. The molecule has 0 fully saturated rings. The number of aromatic nitrogens is 1. The van der Waals surface area contributed by atoms with Gasteiger partial charge in [-0.2, -0.15) is 0 Å². The highest BCUT2D eigenvalue weighted by molar-refractivity contribution is 5.93. The second-order valence-corrected chi connectivity index (χ2v) is 3.22. The molecule has 0 atom stereocenters. The Morgan fingerprint density at radius 2 is 2.35 bits per heavy atom. The van der Waals surface area contributed by atoms with E-state index >= 15 is 0 Å². The van der Waals surface area contributed by atoms with Crippen LogP contribution in [-0.2, 0) is 0 Å². The van der Waals surface area contributed by atoms with Gasteiger partial charge in [-0.15, -0.1) is 0 Å². The van der Waals surface area contributed by atoms with Crippen LogP contribution >= 0.6 is 0 Å². The van der Waals surface area contributed by atoms with E-state index in [1.165, 1.54) is 0 Å². The molecule has 0 aliphatic heterocycles. The van der Waals surface area contributed by atoms with Gasteiger partial charge in [0, 0.05) is 12.6 Å². The zero-order valence-corrected chi connectivity index (χ0v) is 8.92. The molecule has 1 aromatic rings. The number of nitrogens with zero attached hydrogens (tertiary/aromatic N) is 2. The van der Waals surface area contributed by atoms with Crippen LogP contribution in [0.4, 0.5) is 11.5 Å². The van der Waals surface area contributed by atoms with Crippen molar-refractivity contribution in [3.63, 3.8) is 0 Å².